The second-order valence-electron chi connectivity index (χ2n) is 5.22. The maximum Gasteiger partial charge on any atom is 0.341 e. The monoisotopic (exact) mass is 337 g/mol. The zero-order valence-electron chi connectivity index (χ0n) is 15.0. The van der Waals surface area contributed by atoms with Crippen molar-refractivity contribution in [1.29, 1.82) is 0 Å². The van der Waals surface area contributed by atoms with Gasteiger partial charge in [-0.3, -0.25) is 0 Å². The first-order valence-corrected chi connectivity index (χ1v) is 7.84. The number of aliphatic imine (C=N–C) groups is 1. The molecule has 0 fully saturated rings. The SMILES string of the molecule is CCNC(=NCc1ccc(OC)c(C(=O)OC)c1)NC(C)COC. The average Bonchev–Trinajstić information content (AvgIpc) is 2.59. The van der Waals surface area contributed by atoms with Crippen molar-refractivity contribution in [3.63, 3.8) is 0 Å². The molecular formula is C17H27N3O4. The van der Waals surface area contributed by atoms with Crippen molar-refractivity contribution in [2.75, 3.05) is 34.5 Å². The molecular weight excluding hydrogens is 310 g/mol. The number of ether oxygens (including phenoxy) is 3. The maximum absolute atomic E-state index is 11.8. The Morgan fingerprint density at radius 3 is 2.62 bits per heavy atom. The molecule has 0 saturated carbocycles. The third kappa shape index (κ3) is 6.08. The normalized spacial score (nSPS) is 12.5. The minimum atomic E-state index is -0.434. The van der Waals surface area contributed by atoms with Crippen LogP contribution in [-0.2, 0) is 16.0 Å². The van der Waals surface area contributed by atoms with Gasteiger partial charge in [0, 0.05) is 19.7 Å². The molecule has 7 nitrogen and oxygen atoms in total. The van der Waals surface area contributed by atoms with E-state index in [4.69, 9.17) is 14.2 Å². The van der Waals surface area contributed by atoms with Crippen LogP contribution in [0.15, 0.2) is 23.2 Å². The Bertz CT molecular complexity index is 561. The predicted octanol–water partition coefficient (Wildman–Crippen LogP) is 1.57. The van der Waals surface area contributed by atoms with Gasteiger partial charge >= 0.3 is 5.97 Å². The molecule has 1 atom stereocenters. The number of rotatable bonds is 8. The van der Waals surface area contributed by atoms with E-state index in [1.165, 1.54) is 14.2 Å². The highest BCUT2D eigenvalue weighted by Gasteiger charge is 2.13. The summed E-state index contributed by atoms with van der Waals surface area (Å²) in [5.74, 6) is 0.738. The van der Waals surface area contributed by atoms with Gasteiger partial charge in [0.05, 0.1) is 27.4 Å². The van der Waals surface area contributed by atoms with Gasteiger partial charge in [0.15, 0.2) is 5.96 Å². The Hall–Kier alpha value is -2.28. The molecule has 2 N–H and O–H groups in total. The second kappa shape index (κ2) is 10.5. The summed E-state index contributed by atoms with van der Waals surface area (Å²) in [6.07, 6.45) is 0. The number of methoxy groups -OCH3 is 3. The quantitative estimate of drug-likeness (QED) is 0.426. The van der Waals surface area contributed by atoms with Crippen LogP contribution in [0, 0.1) is 0 Å². The number of carbonyl (C=O) groups excluding carboxylic acids is 1. The number of esters is 1. The van der Waals surface area contributed by atoms with E-state index < -0.39 is 5.97 Å². The molecule has 0 spiro atoms. The van der Waals surface area contributed by atoms with Gasteiger partial charge in [-0.2, -0.15) is 0 Å². The van der Waals surface area contributed by atoms with Gasteiger partial charge in [-0.05, 0) is 31.5 Å². The summed E-state index contributed by atoms with van der Waals surface area (Å²) in [4.78, 5) is 16.4. The number of guanidine groups is 1. The molecule has 134 valence electrons. The fraction of sp³-hybridized carbons (Fsp3) is 0.529. The van der Waals surface area contributed by atoms with E-state index in [9.17, 15) is 4.79 Å². The van der Waals surface area contributed by atoms with Crippen LogP contribution in [0.5, 0.6) is 5.75 Å². The van der Waals surface area contributed by atoms with E-state index in [0.717, 1.165) is 12.1 Å². The highest BCUT2D eigenvalue weighted by atomic mass is 16.5. The minimum absolute atomic E-state index is 0.134. The first-order valence-electron chi connectivity index (χ1n) is 7.84. The largest absolute Gasteiger partial charge is 0.496 e. The zero-order valence-corrected chi connectivity index (χ0v) is 15.0. The summed E-state index contributed by atoms with van der Waals surface area (Å²) in [7, 11) is 4.52. The maximum atomic E-state index is 11.8. The standard InChI is InChI=1S/C17H27N3O4/c1-6-18-17(20-12(2)11-22-3)19-10-13-7-8-15(23-4)14(9-13)16(21)24-5/h7-9,12H,6,10-11H2,1-5H3,(H2,18,19,20). The molecule has 0 aliphatic carbocycles. The predicted molar refractivity (Wildman–Crippen MR) is 93.6 cm³/mol. The lowest BCUT2D eigenvalue weighted by atomic mass is 10.1. The van der Waals surface area contributed by atoms with Crippen molar-refractivity contribution in [3.8, 4) is 5.75 Å². The van der Waals surface area contributed by atoms with Crippen molar-refractivity contribution >= 4 is 11.9 Å². The number of hydrogen-bond donors (Lipinski definition) is 2. The second-order valence-corrected chi connectivity index (χ2v) is 5.22. The highest BCUT2D eigenvalue weighted by molar-refractivity contribution is 5.92. The molecule has 0 heterocycles. The van der Waals surface area contributed by atoms with E-state index in [0.29, 0.717) is 30.4 Å². The first kappa shape index (κ1) is 19.8. The Labute approximate surface area is 143 Å². The van der Waals surface area contributed by atoms with Crippen LogP contribution in [0.1, 0.15) is 29.8 Å². The third-order valence-electron chi connectivity index (χ3n) is 3.23. The topological polar surface area (TPSA) is 81.2 Å². The Morgan fingerprint density at radius 2 is 2.04 bits per heavy atom. The van der Waals surface area contributed by atoms with Gasteiger partial charge in [0.1, 0.15) is 11.3 Å². The van der Waals surface area contributed by atoms with Gasteiger partial charge in [-0.15, -0.1) is 0 Å². The number of hydrogen-bond acceptors (Lipinski definition) is 5. The molecule has 0 bridgehead atoms. The molecule has 0 saturated heterocycles. The van der Waals surface area contributed by atoms with Crippen molar-refractivity contribution in [2.45, 2.75) is 26.4 Å². The number of nitrogens with zero attached hydrogens (tertiary/aromatic N) is 1. The van der Waals surface area contributed by atoms with Crippen molar-refractivity contribution in [1.82, 2.24) is 10.6 Å². The van der Waals surface area contributed by atoms with E-state index in [2.05, 4.69) is 15.6 Å². The molecule has 0 aliphatic rings. The summed E-state index contributed by atoms with van der Waals surface area (Å²) < 4.78 is 15.1. The first-order chi connectivity index (χ1) is 11.5. The average molecular weight is 337 g/mol. The molecule has 0 amide bonds. The Morgan fingerprint density at radius 1 is 1.29 bits per heavy atom. The van der Waals surface area contributed by atoms with E-state index in [-0.39, 0.29) is 6.04 Å². The van der Waals surface area contributed by atoms with Crippen LogP contribution < -0.4 is 15.4 Å². The molecule has 24 heavy (non-hydrogen) atoms. The summed E-state index contributed by atoms with van der Waals surface area (Å²) in [6.45, 7) is 5.77. The Balaban J connectivity index is 2.90. The van der Waals surface area contributed by atoms with Crippen LogP contribution in [0.3, 0.4) is 0 Å². The van der Waals surface area contributed by atoms with E-state index in [1.54, 1.807) is 19.2 Å². The molecule has 1 unspecified atom stereocenters. The zero-order chi connectivity index (χ0) is 17.9. The molecule has 1 aromatic rings. The van der Waals surface area contributed by atoms with Crippen molar-refractivity contribution < 1.29 is 19.0 Å². The van der Waals surface area contributed by atoms with Gasteiger partial charge in [-0.1, -0.05) is 6.07 Å². The van der Waals surface area contributed by atoms with Crippen LogP contribution in [0.4, 0.5) is 0 Å². The van der Waals surface area contributed by atoms with E-state index in [1.807, 2.05) is 19.9 Å². The molecule has 1 aromatic carbocycles. The molecule has 0 aromatic heterocycles. The van der Waals surface area contributed by atoms with Crippen LogP contribution >= 0.6 is 0 Å². The fourth-order valence-electron chi connectivity index (χ4n) is 2.14. The summed E-state index contributed by atoms with van der Waals surface area (Å²) >= 11 is 0. The number of benzene rings is 1. The third-order valence-corrected chi connectivity index (χ3v) is 3.23. The van der Waals surface area contributed by atoms with Crippen LogP contribution in [-0.4, -0.2) is 52.5 Å². The van der Waals surface area contributed by atoms with Crippen molar-refractivity contribution in [3.05, 3.63) is 29.3 Å². The highest BCUT2D eigenvalue weighted by Crippen LogP contribution is 2.21. The molecule has 7 heteroatoms. The smallest absolute Gasteiger partial charge is 0.341 e. The van der Waals surface area contributed by atoms with E-state index >= 15 is 0 Å². The lowest BCUT2D eigenvalue weighted by Gasteiger charge is -2.17. The van der Waals surface area contributed by atoms with Crippen molar-refractivity contribution in [2.24, 2.45) is 4.99 Å². The molecule has 0 aliphatic heterocycles. The summed E-state index contributed by atoms with van der Waals surface area (Å²) in [5, 5.41) is 6.44. The number of nitrogens with one attached hydrogen (secondary N) is 2. The molecule has 0 radical (unpaired) electrons. The van der Waals surface area contributed by atoms with Gasteiger partial charge in [0.2, 0.25) is 0 Å². The summed E-state index contributed by atoms with van der Waals surface area (Å²) in [5.41, 5.74) is 1.27. The van der Waals surface area contributed by atoms with Crippen LogP contribution in [0.25, 0.3) is 0 Å². The number of carbonyl (C=O) groups is 1. The lowest BCUT2D eigenvalue weighted by molar-refractivity contribution is 0.0597. The Kier molecular flexibility index (Phi) is 8.64. The van der Waals surface area contributed by atoms with Gasteiger partial charge < -0.3 is 24.8 Å². The fourth-order valence-corrected chi connectivity index (χ4v) is 2.14. The lowest BCUT2D eigenvalue weighted by Crippen LogP contribution is -2.43. The minimum Gasteiger partial charge on any atom is -0.496 e. The molecule has 1 rings (SSSR count). The van der Waals surface area contributed by atoms with Crippen LogP contribution in [0.2, 0.25) is 0 Å². The van der Waals surface area contributed by atoms with Gasteiger partial charge in [-0.25, -0.2) is 9.79 Å². The summed E-state index contributed by atoms with van der Waals surface area (Å²) in [6, 6.07) is 5.48. The van der Waals surface area contributed by atoms with Gasteiger partial charge in [0.25, 0.3) is 0 Å².